The van der Waals surface area contributed by atoms with Gasteiger partial charge in [0.1, 0.15) is 17.2 Å². The first-order chi connectivity index (χ1) is 15.6. The van der Waals surface area contributed by atoms with Crippen LogP contribution in [0.1, 0.15) is 46.7 Å². The molecule has 0 unspecified atom stereocenters. The molecule has 2 aromatic heterocycles. The van der Waals surface area contributed by atoms with Gasteiger partial charge in [0.15, 0.2) is 5.82 Å². The number of carbonyl (C=O) groups is 1. The Morgan fingerprint density at radius 1 is 0.938 bits per heavy atom. The first-order valence-corrected chi connectivity index (χ1v) is 10.7. The molecule has 0 saturated carbocycles. The molecule has 0 saturated heterocycles. The number of halogens is 2. The van der Waals surface area contributed by atoms with Crippen molar-refractivity contribution in [1.29, 1.82) is 0 Å². The zero-order valence-corrected chi connectivity index (χ0v) is 17.6. The molecule has 2 heterocycles. The maximum Gasteiger partial charge on any atom is 0.251 e. The molecule has 2 aromatic carbocycles. The second-order valence-electron chi connectivity index (χ2n) is 7.70. The highest BCUT2D eigenvalue weighted by Gasteiger charge is 2.09. The van der Waals surface area contributed by atoms with Crippen LogP contribution in [0.3, 0.4) is 0 Å². The molecule has 5 nitrogen and oxygen atoms in total. The number of benzene rings is 2. The van der Waals surface area contributed by atoms with E-state index in [1.165, 1.54) is 24.4 Å². The van der Waals surface area contributed by atoms with E-state index in [4.69, 9.17) is 0 Å². The van der Waals surface area contributed by atoms with Gasteiger partial charge >= 0.3 is 0 Å². The number of aromatic amines is 1. The normalized spacial score (nSPS) is 11.1. The van der Waals surface area contributed by atoms with Crippen LogP contribution in [0.5, 0.6) is 0 Å². The second kappa shape index (κ2) is 10.1. The van der Waals surface area contributed by atoms with E-state index in [-0.39, 0.29) is 24.0 Å². The number of aryl methyl sites for hydroxylation is 2. The Hall–Kier alpha value is -3.61. The van der Waals surface area contributed by atoms with Crippen LogP contribution in [0.15, 0.2) is 60.8 Å². The van der Waals surface area contributed by atoms with E-state index in [0.29, 0.717) is 11.1 Å². The number of imidazole rings is 1. The van der Waals surface area contributed by atoms with E-state index in [1.54, 1.807) is 12.1 Å². The van der Waals surface area contributed by atoms with Crippen molar-refractivity contribution >= 4 is 16.9 Å². The minimum absolute atomic E-state index is 0.0431. The number of hydrogen-bond acceptors (Lipinski definition) is 3. The monoisotopic (exact) mass is 434 g/mol. The van der Waals surface area contributed by atoms with Gasteiger partial charge in [-0.2, -0.15) is 0 Å². The number of carbonyl (C=O) groups excluding carboxylic acids is 1. The van der Waals surface area contributed by atoms with Gasteiger partial charge in [-0.05, 0) is 61.2 Å². The number of rotatable bonds is 9. The van der Waals surface area contributed by atoms with E-state index in [0.717, 1.165) is 49.0 Å². The molecular formula is C25H24F2N4O. The highest BCUT2D eigenvalue weighted by atomic mass is 19.1. The molecule has 7 heteroatoms. The summed E-state index contributed by atoms with van der Waals surface area (Å²) in [6, 6.07) is 15.2. The summed E-state index contributed by atoms with van der Waals surface area (Å²) in [6.07, 6.45) is 6.02. The first kappa shape index (κ1) is 21.6. The summed E-state index contributed by atoms with van der Waals surface area (Å²) >= 11 is 0. The van der Waals surface area contributed by atoms with Crippen LogP contribution in [-0.2, 0) is 19.4 Å². The number of nitrogens with one attached hydrogen (secondary N) is 2. The topological polar surface area (TPSA) is 70.7 Å². The fraction of sp³-hybridized carbons (Fsp3) is 0.240. The van der Waals surface area contributed by atoms with Gasteiger partial charge in [-0.1, -0.05) is 24.6 Å². The molecule has 164 valence electrons. The fourth-order valence-corrected chi connectivity index (χ4v) is 3.65. The van der Waals surface area contributed by atoms with Gasteiger partial charge in [0.2, 0.25) is 0 Å². The molecule has 0 bridgehead atoms. The largest absolute Gasteiger partial charge is 0.346 e. The quantitative estimate of drug-likeness (QED) is 0.359. The lowest BCUT2D eigenvalue weighted by molar-refractivity contribution is 0.0950. The van der Waals surface area contributed by atoms with Gasteiger partial charge in [0.05, 0.1) is 17.8 Å². The third-order valence-corrected chi connectivity index (χ3v) is 5.33. The van der Waals surface area contributed by atoms with Crippen molar-refractivity contribution < 1.29 is 13.6 Å². The fourth-order valence-electron chi connectivity index (χ4n) is 3.65. The van der Waals surface area contributed by atoms with Crippen molar-refractivity contribution in [2.45, 2.75) is 38.6 Å². The number of aromatic nitrogens is 3. The first-order valence-electron chi connectivity index (χ1n) is 10.7. The van der Waals surface area contributed by atoms with Gasteiger partial charge in [-0.3, -0.25) is 9.78 Å². The van der Waals surface area contributed by atoms with Crippen molar-refractivity contribution in [2.24, 2.45) is 0 Å². The van der Waals surface area contributed by atoms with Gasteiger partial charge in [0.25, 0.3) is 5.91 Å². The lowest BCUT2D eigenvalue weighted by Crippen LogP contribution is -2.24. The number of hydrogen-bond donors (Lipinski definition) is 2. The molecule has 4 rings (SSSR count). The van der Waals surface area contributed by atoms with Crippen LogP contribution in [0.4, 0.5) is 8.78 Å². The smallest absolute Gasteiger partial charge is 0.251 e. The van der Waals surface area contributed by atoms with E-state index >= 15 is 0 Å². The average Bonchev–Trinajstić information content (AvgIpc) is 3.23. The van der Waals surface area contributed by atoms with Crippen LogP contribution in [-0.4, -0.2) is 20.9 Å². The molecule has 0 aliphatic carbocycles. The highest BCUT2D eigenvalue weighted by molar-refractivity contribution is 5.94. The molecule has 0 spiro atoms. The maximum absolute atomic E-state index is 13.7. The maximum atomic E-state index is 13.7. The van der Waals surface area contributed by atoms with Crippen molar-refractivity contribution in [1.82, 2.24) is 20.3 Å². The van der Waals surface area contributed by atoms with Crippen molar-refractivity contribution in [3.05, 3.63) is 95.1 Å². The molecule has 0 aliphatic rings. The predicted octanol–water partition coefficient (Wildman–Crippen LogP) is 5.12. The van der Waals surface area contributed by atoms with Crippen molar-refractivity contribution in [2.75, 3.05) is 0 Å². The van der Waals surface area contributed by atoms with Crippen LogP contribution in [0.25, 0.3) is 11.0 Å². The second-order valence-corrected chi connectivity index (χ2v) is 7.70. The van der Waals surface area contributed by atoms with E-state index < -0.39 is 5.82 Å². The van der Waals surface area contributed by atoms with Crippen LogP contribution >= 0.6 is 0 Å². The molecule has 0 radical (unpaired) electrons. The minimum Gasteiger partial charge on any atom is -0.346 e. The average molecular weight is 434 g/mol. The molecular weight excluding hydrogens is 410 g/mol. The predicted molar refractivity (Wildman–Crippen MR) is 119 cm³/mol. The Bertz CT molecular complexity index is 1220. The van der Waals surface area contributed by atoms with Crippen LogP contribution in [0, 0.1) is 11.6 Å². The Labute approximate surface area is 184 Å². The van der Waals surface area contributed by atoms with Crippen LogP contribution in [0.2, 0.25) is 0 Å². The van der Waals surface area contributed by atoms with Gasteiger partial charge in [0, 0.05) is 18.2 Å². The SMILES string of the molecule is O=C(NCc1ncccc1F)c1cccc(CCCCCc2nc3c(F)cccc3[nH]2)c1. The molecule has 4 aromatic rings. The lowest BCUT2D eigenvalue weighted by atomic mass is 10.0. The number of amides is 1. The minimum atomic E-state index is -0.436. The van der Waals surface area contributed by atoms with Gasteiger partial charge < -0.3 is 10.3 Å². The molecule has 1 amide bonds. The highest BCUT2D eigenvalue weighted by Crippen LogP contribution is 2.17. The summed E-state index contributed by atoms with van der Waals surface area (Å²) in [5.74, 6) is -0.199. The lowest BCUT2D eigenvalue weighted by Gasteiger charge is -2.07. The Morgan fingerprint density at radius 3 is 2.59 bits per heavy atom. The summed E-state index contributed by atoms with van der Waals surface area (Å²) in [7, 11) is 0. The third-order valence-electron chi connectivity index (χ3n) is 5.33. The van der Waals surface area contributed by atoms with E-state index in [2.05, 4.69) is 20.3 Å². The number of para-hydroxylation sites is 1. The molecule has 0 fully saturated rings. The van der Waals surface area contributed by atoms with Gasteiger partial charge in [-0.25, -0.2) is 13.8 Å². The Balaban J connectivity index is 1.23. The summed E-state index contributed by atoms with van der Waals surface area (Å²) in [5.41, 5.74) is 2.95. The van der Waals surface area contributed by atoms with Crippen molar-refractivity contribution in [3.63, 3.8) is 0 Å². The molecule has 32 heavy (non-hydrogen) atoms. The van der Waals surface area contributed by atoms with E-state index in [1.807, 2.05) is 24.3 Å². The number of unbranched alkanes of at least 4 members (excludes halogenated alkanes) is 2. The number of pyridine rings is 1. The zero-order chi connectivity index (χ0) is 22.3. The Morgan fingerprint density at radius 2 is 1.75 bits per heavy atom. The molecule has 2 N–H and O–H groups in total. The summed E-state index contributed by atoms with van der Waals surface area (Å²) < 4.78 is 27.4. The molecule has 0 atom stereocenters. The number of nitrogens with zero attached hydrogens (tertiary/aromatic N) is 2. The van der Waals surface area contributed by atoms with Crippen molar-refractivity contribution in [3.8, 4) is 0 Å². The molecule has 0 aliphatic heterocycles. The van der Waals surface area contributed by atoms with E-state index in [9.17, 15) is 13.6 Å². The summed E-state index contributed by atoms with van der Waals surface area (Å²) in [4.78, 5) is 23.9. The summed E-state index contributed by atoms with van der Waals surface area (Å²) in [6.45, 7) is 0.0431. The van der Waals surface area contributed by atoms with Gasteiger partial charge in [-0.15, -0.1) is 0 Å². The number of H-pyrrole nitrogens is 1. The third kappa shape index (κ3) is 5.35. The standard InChI is InChI=1S/C25H24F2N4O/c26-19-11-6-14-28-22(19)16-29-25(32)18-9-4-8-17(15-18)7-2-1-3-13-23-30-21-12-5-10-20(27)24(21)31-23/h4-6,8-12,14-15H,1-3,7,13,16H2,(H,29,32)(H,30,31). The summed E-state index contributed by atoms with van der Waals surface area (Å²) in [5, 5.41) is 2.71. The Kier molecular flexibility index (Phi) is 6.84. The number of fused-ring (bicyclic) bond motifs is 1. The van der Waals surface area contributed by atoms with Crippen LogP contribution < -0.4 is 5.32 Å². The zero-order valence-electron chi connectivity index (χ0n) is 17.6.